The number of nitrogens with zero attached hydrogens (tertiary/aromatic N) is 1. The normalized spacial score (nSPS) is 10.7. The molecule has 0 aliphatic heterocycles. The summed E-state index contributed by atoms with van der Waals surface area (Å²) in [5.41, 5.74) is 3.13. The number of unbranched alkanes of at least 4 members (excludes halogenated alkanes) is 14. The molecule has 0 aromatic carbocycles. The minimum Gasteiger partial charge on any atom is -0.481 e. The van der Waals surface area contributed by atoms with Crippen molar-refractivity contribution in [3.8, 4) is 0 Å². The smallest absolute Gasteiger partial charge is 0.303 e. The molecule has 0 amide bonds. The second kappa shape index (κ2) is 25.4. The van der Waals surface area contributed by atoms with Crippen molar-refractivity contribution in [2.45, 2.75) is 123 Å². The number of aliphatic carboxylic acids is 1. The molecule has 2 N–H and O–H groups in total. The van der Waals surface area contributed by atoms with Crippen molar-refractivity contribution >= 4 is 5.97 Å². The number of hydrogen-bond acceptors (Lipinski definition) is 3. The van der Waals surface area contributed by atoms with E-state index in [-0.39, 0.29) is 0 Å². The average molecular weight is 387 g/mol. The lowest BCUT2D eigenvalue weighted by Gasteiger charge is -2.08. The number of rotatable bonds is 19. The first-order chi connectivity index (χ1) is 13.0. The largest absolute Gasteiger partial charge is 0.481 e. The summed E-state index contributed by atoms with van der Waals surface area (Å²) in [6.07, 6.45) is 21.4. The van der Waals surface area contributed by atoms with Gasteiger partial charge in [0.05, 0.1) is 0 Å². The van der Waals surface area contributed by atoms with Crippen LogP contribution in [0.4, 0.5) is 0 Å². The van der Waals surface area contributed by atoms with Crippen molar-refractivity contribution in [3.05, 3.63) is 0 Å². The fraction of sp³-hybridized carbons (Fsp3) is 0.957. The highest BCUT2D eigenvalue weighted by molar-refractivity contribution is 5.66. The molecule has 0 bridgehead atoms. The second-order valence-corrected chi connectivity index (χ2v) is 7.90. The topological polar surface area (TPSA) is 52.6 Å². The standard InChI is InChI=1S/C18H36O2.C5H14N2/c1-2-3-4-5-6-7-8-9-10-11-12-13-14-15-16-17-18(19)20;1-4-5-6-7(2)3/h2-17H2,1H3,(H,19,20);6H,4-5H2,1-3H3. The van der Waals surface area contributed by atoms with Crippen molar-refractivity contribution in [3.63, 3.8) is 0 Å². The zero-order valence-electron chi connectivity index (χ0n) is 19.0. The predicted molar refractivity (Wildman–Crippen MR) is 119 cm³/mol. The van der Waals surface area contributed by atoms with Crippen LogP contribution in [-0.4, -0.2) is 36.7 Å². The molecule has 0 atom stereocenters. The number of nitrogens with one attached hydrogen (secondary N) is 1. The number of hydrazine groups is 1. The molecular formula is C23H50N2O2. The maximum absolute atomic E-state index is 10.3. The van der Waals surface area contributed by atoms with Crippen LogP contribution in [0.5, 0.6) is 0 Å². The van der Waals surface area contributed by atoms with E-state index >= 15 is 0 Å². The quantitative estimate of drug-likeness (QED) is 0.189. The van der Waals surface area contributed by atoms with Gasteiger partial charge in [0.2, 0.25) is 0 Å². The molecule has 0 saturated carbocycles. The van der Waals surface area contributed by atoms with Gasteiger partial charge in [-0.1, -0.05) is 104 Å². The van der Waals surface area contributed by atoms with Gasteiger partial charge < -0.3 is 5.11 Å². The van der Waals surface area contributed by atoms with Gasteiger partial charge in [0.1, 0.15) is 0 Å². The van der Waals surface area contributed by atoms with Gasteiger partial charge in [-0.05, 0) is 12.8 Å². The van der Waals surface area contributed by atoms with E-state index in [9.17, 15) is 4.79 Å². The van der Waals surface area contributed by atoms with E-state index in [0.717, 1.165) is 19.4 Å². The van der Waals surface area contributed by atoms with Crippen LogP contribution in [0.15, 0.2) is 0 Å². The molecule has 0 unspecified atom stereocenters. The minimum absolute atomic E-state index is 0.345. The summed E-state index contributed by atoms with van der Waals surface area (Å²) >= 11 is 0. The maximum atomic E-state index is 10.3. The van der Waals surface area contributed by atoms with Gasteiger partial charge in [0.25, 0.3) is 0 Å². The summed E-state index contributed by atoms with van der Waals surface area (Å²) < 4.78 is 0. The van der Waals surface area contributed by atoms with E-state index in [1.54, 1.807) is 0 Å². The maximum Gasteiger partial charge on any atom is 0.303 e. The van der Waals surface area contributed by atoms with Crippen molar-refractivity contribution < 1.29 is 9.90 Å². The first-order valence-electron chi connectivity index (χ1n) is 11.7. The molecule has 4 nitrogen and oxygen atoms in total. The first-order valence-corrected chi connectivity index (χ1v) is 11.7. The Bertz CT molecular complexity index is 284. The highest BCUT2D eigenvalue weighted by atomic mass is 16.4. The van der Waals surface area contributed by atoms with Crippen molar-refractivity contribution in [2.24, 2.45) is 0 Å². The summed E-state index contributed by atoms with van der Waals surface area (Å²) in [6, 6.07) is 0. The zero-order chi connectivity index (χ0) is 20.6. The lowest BCUT2D eigenvalue weighted by Crippen LogP contribution is -2.30. The van der Waals surface area contributed by atoms with E-state index in [4.69, 9.17) is 5.11 Å². The Morgan fingerprint density at radius 2 is 1.04 bits per heavy atom. The van der Waals surface area contributed by atoms with Gasteiger partial charge in [0, 0.05) is 27.1 Å². The number of carbonyl (C=O) groups is 1. The van der Waals surface area contributed by atoms with E-state index in [1.807, 2.05) is 19.1 Å². The molecule has 0 aromatic rings. The molecule has 0 heterocycles. The summed E-state index contributed by atoms with van der Waals surface area (Å²) in [4.78, 5) is 10.3. The van der Waals surface area contributed by atoms with E-state index in [2.05, 4.69) is 19.3 Å². The molecule has 0 rings (SSSR count). The van der Waals surface area contributed by atoms with Gasteiger partial charge in [-0.25, -0.2) is 0 Å². The predicted octanol–water partition coefficient (Wildman–Crippen LogP) is 6.80. The Kier molecular flexibility index (Phi) is 26.9. The average Bonchev–Trinajstić information content (AvgIpc) is 2.63. The fourth-order valence-corrected chi connectivity index (χ4v) is 2.98. The van der Waals surface area contributed by atoms with Gasteiger partial charge in [0.15, 0.2) is 0 Å². The Labute approximate surface area is 170 Å². The van der Waals surface area contributed by atoms with Crippen LogP contribution in [0.3, 0.4) is 0 Å². The van der Waals surface area contributed by atoms with Crippen LogP contribution in [0, 0.1) is 0 Å². The highest BCUT2D eigenvalue weighted by Gasteiger charge is 1.97. The molecule has 0 fully saturated rings. The van der Waals surface area contributed by atoms with Crippen LogP contribution in [0.2, 0.25) is 0 Å². The molecule has 0 spiro atoms. The lowest BCUT2D eigenvalue weighted by atomic mass is 10.0. The number of carboxylic acid groups (broad SMARTS) is 1. The van der Waals surface area contributed by atoms with Crippen molar-refractivity contribution in [2.75, 3.05) is 20.6 Å². The Morgan fingerprint density at radius 1 is 0.667 bits per heavy atom. The Balaban J connectivity index is 0. The number of hydrogen-bond donors (Lipinski definition) is 2. The van der Waals surface area contributed by atoms with Gasteiger partial charge in [-0.3, -0.25) is 15.2 Å². The molecule has 4 heteroatoms. The SMILES string of the molecule is CCCCCCCCCCCCCCCCCC(=O)O.CCCNN(C)C. The van der Waals surface area contributed by atoms with Crippen LogP contribution >= 0.6 is 0 Å². The van der Waals surface area contributed by atoms with Crippen LogP contribution < -0.4 is 5.43 Å². The van der Waals surface area contributed by atoms with Crippen LogP contribution in [0.25, 0.3) is 0 Å². The summed E-state index contributed by atoms with van der Waals surface area (Å²) in [5, 5.41) is 10.5. The highest BCUT2D eigenvalue weighted by Crippen LogP contribution is 2.13. The van der Waals surface area contributed by atoms with Crippen molar-refractivity contribution in [1.82, 2.24) is 10.4 Å². The van der Waals surface area contributed by atoms with Gasteiger partial charge in [-0.2, -0.15) is 0 Å². The van der Waals surface area contributed by atoms with Crippen LogP contribution in [0.1, 0.15) is 123 Å². The van der Waals surface area contributed by atoms with E-state index in [1.165, 1.54) is 89.9 Å². The third kappa shape index (κ3) is 33.4. The number of carboxylic acids is 1. The third-order valence-corrected chi connectivity index (χ3v) is 4.67. The van der Waals surface area contributed by atoms with Crippen LogP contribution in [-0.2, 0) is 4.79 Å². The second-order valence-electron chi connectivity index (χ2n) is 7.90. The first kappa shape index (κ1) is 28.6. The Hall–Kier alpha value is -0.610. The summed E-state index contributed by atoms with van der Waals surface area (Å²) in [7, 11) is 3.99. The summed E-state index contributed by atoms with van der Waals surface area (Å²) in [6.45, 7) is 5.50. The monoisotopic (exact) mass is 386 g/mol. The third-order valence-electron chi connectivity index (χ3n) is 4.67. The fourth-order valence-electron chi connectivity index (χ4n) is 2.98. The van der Waals surface area contributed by atoms with E-state index in [0.29, 0.717) is 6.42 Å². The molecule has 0 saturated heterocycles. The Morgan fingerprint density at radius 3 is 1.30 bits per heavy atom. The molecular weight excluding hydrogens is 336 g/mol. The van der Waals surface area contributed by atoms with Crippen molar-refractivity contribution in [1.29, 1.82) is 0 Å². The van der Waals surface area contributed by atoms with Gasteiger partial charge in [-0.15, -0.1) is 0 Å². The minimum atomic E-state index is -0.653. The molecule has 0 aliphatic carbocycles. The lowest BCUT2D eigenvalue weighted by molar-refractivity contribution is -0.137. The molecule has 27 heavy (non-hydrogen) atoms. The molecule has 164 valence electrons. The molecule has 0 aromatic heterocycles. The molecule has 0 aliphatic rings. The summed E-state index contributed by atoms with van der Waals surface area (Å²) in [5.74, 6) is -0.653. The zero-order valence-corrected chi connectivity index (χ0v) is 19.0. The van der Waals surface area contributed by atoms with Gasteiger partial charge >= 0.3 is 5.97 Å². The van der Waals surface area contributed by atoms with E-state index < -0.39 is 5.97 Å². The molecule has 0 radical (unpaired) electrons.